The minimum atomic E-state index is -4.00. The summed E-state index contributed by atoms with van der Waals surface area (Å²) < 4.78 is 54.2. The molecule has 1 amide bonds. The van der Waals surface area contributed by atoms with Gasteiger partial charge in [0.25, 0.3) is 15.9 Å². The topological polar surface area (TPSA) is 75.3 Å². The van der Waals surface area contributed by atoms with Crippen LogP contribution in [0.3, 0.4) is 0 Å². The number of hydrogen-bond donors (Lipinski definition) is 2. The summed E-state index contributed by atoms with van der Waals surface area (Å²) in [7, 11) is -4.00. The Morgan fingerprint density at radius 1 is 0.931 bits per heavy atom. The van der Waals surface area contributed by atoms with Crippen LogP contribution in [0, 0.1) is 18.6 Å². The minimum absolute atomic E-state index is 0.0403. The molecule has 3 rings (SSSR count). The molecule has 0 saturated carbocycles. The first-order chi connectivity index (χ1) is 13.7. The first-order valence-corrected chi connectivity index (χ1v) is 10.2. The molecule has 0 radical (unpaired) electrons. The quantitative estimate of drug-likeness (QED) is 0.592. The summed E-state index contributed by atoms with van der Waals surface area (Å²) >= 11 is 5.63. The largest absolute Gasteiger partial charge is 0.319 e. The van der Waals surface area contributed by atoms with E-state index in [4.69, 9.17) is 11.6 Å². The third-order valence-corrected chi connectivity index (χ3v) is 5.64. The van der Waals surface area contributed by atoms with Crippen molar-refractivity contribution in [2.75, 3.05) is 10.0 Å². The van der Waals surface area contributed by atoms with E-state index < -0.39 is 27.6 Å². The summed E-state index contributed by atoms with van der Waals surface area (Å²) in [6.45, 7) is 1.73. The lowest BCUT2D eigenvalue weighted by molar-refractivity contribution is 0.102. The number of halogens is 3. The number of anilines is 2. The molecule has 0 aromatic heterocycles. The second kappa shape index (κ2) is 8.18. The maximum Gasteiger partial charge on any atom is 0.261 e. The smallest absolute Gasteiger partial charge is 0.261 e. The van der Waals surface area contributed by atoms with Gasteiger partial charge in [-0.25, -0.2) is 17.2 Å². The number of hydrogen-bond acceptors (Lipinski definition) is 3. The fraction of sp³-hybridized carbons (Fsp3) is 0.0500. The highest BCUT2D eigenvalue weighted by Crippen LogP contribution is 2.22. The van der Waals surface area contributed by atoms with Gasteiger partial charge in [-0.3, -0.25) is 9.52 Å². The molecule has 3 aromatic rings. The molecule has 3 aromatic carbocycles. The van der Waals surface area contributed by atoms with Crippen molar-refractivity contribution < 1.29 is 22.0 Å². The molecule has 0 aliphatic carbocycles. The number of aryl methyl sites for hydroxylation is 1. The van der Waals surface area contributed by atoms with Gasteiger partial charge < -0.3 is 5.32 Å². The van der Waals surface area contributed by atoms with E-state index in [1.807, 2.05) is 0 Å². The Bertz CT molecular complexity index is 1180. The zero-order valence-corrected chi connectivity index (χ0v) is 16.6. The van der Waals surface area contributed by atoms with Crippen LogP contribution < -0.4 is 10.0 Å². The van der Waals surface area contributed by atoms with Gasteiger partial charge in [0.15, 0.2) is 0 Å². The Hall–Kier alpha value is -2.97. The van der Waals surface area contributed by atoms with Crippen molar-refractivity contribution in [3.05, 3.63) is 88.4 Å². The van der Waals surface area contributed by atoms with Crippen molar-refractivity contribution in [1.82, 2.24) is 0 Å². The minimum Gasteiger partial charge on any atom is -0.319 e. The fourth-order valence-corrected chi connectivity index (χ4v) is 3.79. The van der Waals surface area contributed by atoms with Crippen LogP contribution in [0.1, 0.15) is 15.9 Å². The number of sulfonamides is 1. The Kier molecular flexibility index (Phi) is 5.86. The van der Waals surface area contributed by atoms with Crippen LogP contribution in [-0.4, -0.2) is 14.3 Å². The van der Waals surface area contributed by atoms with Gasteiger partial charge in [0.2, 0.25) is 0 Å². The van der Waals surface area contributed by atoms with E-state index in [9.17, 15) is 22.0 Å². The van der Waals surface area contributed by atoms with E-state index in [1.54, 1.807) is 13.0 Å². The highest BCUT2D eigenvalue weighted by Gasteiger charge is 2.17. The third kappa shape index (κ3) is 4.90. The number of benzene rings is 3. The molecule has 0 unspecified atom stereocenters. The third-order valence-electron chi connectivity index (χ3n) is 3.97. The normalized spacial score (nSPS) is 11.2. The standard InChI is InChI=1S/C20H15ClF2N2O3S/c1-12-2-9-19(18(23)10-12)24-20(26)13-3-5-14(6-4-13)25-29(27,28)15-7-8-17(22)16(21)11-15/h2-11,25H,1H3,(H,24,26). The molecule has 0 saturated heterocycles. The summed E-state index contributed by atoms with van der Waals surface area (Å²) in [5.74, 6) is -1.83. The van der Waals surface area contributed by atoms with Crippen molar-refractivity contribution in [3.8, 4) is 0 Å². The summed E-state index contributed by atoms with van der Waals surface area (Å²) in [5.41, 5.74) is 1.15. The maximum atomic E-state index is 13.9. The summed E-state index contributed by atoms with van der Waals surface area (Å²) in [6.07, 6.45) is 0. The van der Waals surface area contributed by atoms with Gasteiger partial charge in [-0.05, 0) is 67.1 Å². The Morgan fingerprint density at radius 2 is 1.62 bits per heavy atom. The lowest BCUT2D eigenvalue weighted by Gasteiger charge is -2.10. The van der Waals surface area contributed by atoms with Crippen LogP contribution in [-0.2, 0) is 10.0 Å². The van der Waals surface area contributed by atoms with E-state index in [2.05, 4.69) is 10.0 Å². The summed E-state index contributed by atoms with van der Waals surface area (Å²) in [4.78, 5) is 12.1. The van der Waals surface area contributed by atoms with Crippen LogP contribution in [0.4, 0.5) is 20.2 Å². The molecule has 150 valence electrons. The molecular weight excluding hydrogens is 422 g/mol. The van der Waals surface area contributed by atoms with E-state index in [1.165, 1.54) is 36.4 Å². The monoisotopic (exact) mass is 436 g/mol. The van der Waals surface area contributed by atoms with Crippen LogP contribution in [0.15, 0.2) is 65.6 Å². The van der Waals surface area contributed by atoms with Gasteiger partial charge >= 0.3 is 0 Å². The van der Waals surface area contributed by atoms with Gasteiger partial charge in [0.05, 0.1) is 15.6 Å². The predicted octanol–water partition coefficient (Wildman–Crippen LogP) is 4.98. The van der Waals surface area contributed by atoms with E-state index >= 15 is 0 Å². The molecule has 0 heterocycles. The lowest BCUT2D eigenvalue weighted by Crippen LogP contribution is -2.15. The van der Waals surface area contributed by atoms with Gasteiger partial charge in [-0.2, -0.15) is 0 Å². The Balaban J connectivity index is 1.74. The Labute approximate surface area is 171 Å². The van der Waals surface area contributed by atoms with Crippen molar-refractivity contribution in [1.29, 1.82) is 0 Å². The SMILES string of the molecule is Cc1ccc(NC(=O)c2ccc(NS(=O)(=O)c3ccc(F)c(Cl)c3)cc2)c(F)c1. The van der Waals surface area contributed by atoms with Crippen molar-refractivity contribution in [3.63, 3.8) is 0 Å². The number of rotatable bonds is 5. The first kappa shape index (κ1) is 20.8. The highest BCUT2D eigenvalue weighted by atomic mass is 35.5. The van der Waals surface area contributed by atoms with Gasteiger partial charge in [0, 0.05) is 11.3 Å². The number of carbonyl (C=O) groups excluding carboxylic acids is 1. The van der Waals surface area contributed by atoms with Gasteiger partial charge in [-0.1, -0.05) is 17.7 Å². The molecular formula is C20H15ClF2N2O3S. The van der Waals surface area contributed by atoms with Gasteiger partial charge in [0.1, 0.15) is 11.6 Å². The zero-order valence-electron chi connectivity index (χ0n) is 15.0. The molecule has 29 heavy (non-hydrogen) atoms. The molecule has 2 N–H and O–H groups in total. The number of nitrogens with one attached hydrogen (secondary N) is 2. The fourth-order valence-electron chi connectivity index (χ4n) is 2.46. The van der Waals surface area contributed by atoms with Crippen LogP contribution in [0.25, 0.3) is 0 Å². The molecule has 9 heteroatoms. The summed E-state index contributed by atoms with van der Waals surface area (Å²) in [6, 6.07) is 13.0. The number of amides is 1. The zero-order chi connectivity index (χ0) is 21.2. The van der Waals surface area contributed by atoms with Crippen LogP contribution in [0.5, 0.6) is 0 Å². The summed E-state index contributed by atoms with van der Waals surface area (Å²) in [5, 5.41) is 2.14. The highest BCUT2D eigenvalue weighted by molar-refractivity contribution is 7.92. The molecule has 0 atom stereocenters. The van der Waals surface area contributed by atoms with E-state index in [0.717, 1.165) is 23.8 Å². The number of carbonyl (C=O) groups is 1. The van der Waals surface area contributed by atoms with Crippen LogP contribution >= 0.6 is 11.6 Å². The molecule has 0 aliphatic rings. The Morgan fingerprint density at radius 3 is 2.24 bits per heavy atom. The van der Waals surface area contributed by atoms with Crippen LogP contribution in [0.2, 0.25) is 5.02 Å². The molecule has 5 nitrogen and oxygen atoms in total. The van der Waals surface area contributed by atoms with Crippen molar-refractivity contribution in [2.24, 2.45) is 0 Å². The van der Waals surface area contributed by atoms with E-state index in [0.29, 0.717) is 0 Å². The average molecular weight is 437 g/mol. The van der Waals surface area contributed by atoms with Crippen molar-refractivity contribution in [2.45, 2.75) is 11.8 Å². The van der Waals surface area contributed by atoms with E-state index in [-0.39, 0.29) is 26.9 Å². The average Bonchev–Trinajstić information content (AvgIpc) is 2.66. The lowest BCUT2D eigenvalue weighted by atomic mass is 10.1. The molecule has 0 fully saturated rings. The van der Waals surface area contributed by atoms with Gasteiger partial charge in [-0.15, -0.1) is 0 Å². The second-order valence-electron chi connectivity index (χ2n) is 6.20. The first-order valence-electron chi connectivity index (χ1n) is 8.31. The van der Waals surface area contributed by atoms with Crippen molar-refractivity contribution >= 4 is 38.9 Å². The second-order valence-corrected chi connectivity index (χ2v) is 8.29. The molecule has 0 aliphatic heterocycles. The molecule has 0 bridgehead atoms. The molecule has 0 spiro atoms. The predicted molar refractivity (Wildman–Crippen MR) is 108 cm³/mol. The maximum absolute atomic E-state index is 13.9.